The van der Waals surface area contributed by atoms with E-state index in [1.165, 1.54) is 12.1 Å². The molecule has 0 aliphatic rings. The molecule has 0 radical (unpaired) electrons. The quantitative estimate of drug-likeness (QED) is 0.226. The lowest BCUT2D eigenvalue weighted by Gasteiger charge is -2.24. The molecule has 0 saturated carbocycles. The number of nitrogens with zero attached hydrogens (tertiary/aromatic N) is 3. The lowest BCUT2D eigenvalue weighted by Crippen LogP contribution is -2.30. The second-order valence-corrected chi connectivity index (χ2v) is 9.27. The Kier molecular flexibility index (Phi) is 6.89. The Bertz CT molecular complexity index is 1770. The van der Waals surface area contributed by atoms with Crippen LogP contribution in [0, 0.1) is 5.82 Å². The first-order valence-electron chi connectivity index (χ1n) is 12.5. The highest BCUT2D eigenvalue weighted by Crippen LogP contribution is 2.31. The molecule has 0 aliphatic carbocycles. The molecule has 194 valence electrons. The van der Waals surface area contributed by atoms with Gasteiger partial charge in [-0.3, -0.25) is 9.48 Å². The van der Waals surface area contributed by atoms with Crippen LogP contribution in [-0.2, 0) is 18.4 Å². The Balaban J connectivity index is 1.56. The van der Waals surface area contributed by atoms with E-state index in [1.54, 1.807) is 53.3 Å². The zero-order valence-electron chi connectivity index (χ0n) is 21.8. The third-order valence-corrected chi connectivity index (χ3v) is 6.52. The molecule has 6 nitrogen and oxygen atoms in total. The number of hydrogen-bond acceptors (Lipinski definition) is 3. The van der Waals surface area contributed by atoms with Gasteiger partial charge >= 0.3 is 5.97 Å². The molecular formula is C31H23ClFN3O3. The Hall–Kier alpha value is -4.75. The van der Waals surface area contributed by atoms with Crippen LogP contribution in [0.1, 0.15) is 22.9 Å². The number of rotatable bonds is 7. The van der Waals surface area contributed by atoms with Crippen LogP contribution < -0.4 is 4.90 Å². The summed E-state index contributed by atoms with van der Waals surface area (Å²) in [5.41, 5.74) is 3.66. The number of aryl methyl sites for hydroxylation is 1. The molecule has 0 fully saturated rings. The van der Waals surface area contributed by atoms with Gasteiger partial charge in [-0.25, -0.2) is 9.18 Å². The Morgan fingerprint density at radius 3 is 2.54 bits per heavy atom. The van der Waals surface area contributed by atoms with Crippen LogP contribution in [0.3, 0.4) is 0 Å². The number of carbonyl (C=O) groups excluding carboxylic acids is 1. The maximum absolute atomic E-state index is 14.7. The van der Waals surface area contributed by atoms with Crippen LogP contribution in [0.4, 0.5) is 10.1 Å². The van der Waals surface area contributed by atoms with E-state index in [-0.39, 0.29) is 16.3 Å². The van der Waals surface area contributed by atoms with Crippen molar-refractivity contribution in [2.24, 2.45) is 7.05 Å². The molecule has 8 heteroatoms. The highest BCUT2D eigenvalue weighted by atomic mass is 35.5. The standard InChI is InChI=1S/C31H23ClFN3O3/c1-35-29-11-10-22(15-25(29)18-34-35)23-8-9-24(28(32)16-23)19-36(31(39)21-5-3-2-4-6-21)27-14-20(7-12-30(37)38)13-26(33)17-27/h2-18H,19H2,1H3,(H,37,38)/b12-7+/i19D. The third-order valence-electron chi connectivity index (χ3n) is 6.19. The van der Waals surface area contributed by atoms with Crippen LogP contribution in [0.25, 0.3) is 28.1 Å². The van der Waals surface area contributed by atoms with Crippen LogP contribution in [0.2, 0.25) is 5.02 Å². The number of aromatic nitrogens is 2. The molecule has 1 N–H and O–H groups in total. The van der Waals surface area contributed by atoms with Gasteiger partial charge in [0.25, 0.3) is 5.91 Å². The molecule has 1 unspecified atom stereocenters. The summed E-state index contributed by atoms with van der Waals surface area (Å²) in [5, 5.41) is 14.5. The summed E-state index contributed by atoms with van der Waals surface area (Å²) in [6, 6.07) is 23.2. The van der Waals surface area contributed by atoms with Gasteiger partial charge in [-0.1, -0.05) is 48.0 Å². The van der Waals surface area contributed by atoms with E-state index in [2.05, 4.69) is 5.10 Å². The van der Waals surface area contributed by atoms with Crippen molar-refractivity contribution in [1.29, 1.82) is 0 Å². The number of benzene rings is 4. The summed E-state index contributed by atoms with van der Waals surface area (Å²) < 4.78 is 25.5. The van der Waals surface area contributed by atoms with Crippen molar-refractivity contribution in [3.63, 3.8) is 0 Å². The van der Waals surface area contributed by atoms with E-state index in [0.717, 1.165) is 45.1 Å². The van der Waals surface area contributed by atoms with Crippen LogP contribution in [-0.4, -0.2) is 26.8 Å². The van der Waals surface area contributed by atoms with Crippen LogP contribution in [0.5, 0.6) is 0 Å². The fraction of sp³-hybridized carbons (Fsp3) is 0.0645. The van der Waals surface area contributed by atoms with Gasteiger partial charge in [0.2, 0.25) is 0 Å². The number of halogens is 2. The van der Waals surface area contributed by atoms with Crippen molar-refractivity contribution in [1.82, 2.24) is 9.78 Å². The highest BCUT2D eigenvalue weighted by molar-refractivity contribution is 6.31. The summed E-state index contributed by atoms with van der Waals surface area (Å²) in [4.78, 5) is 25.8. The molecule has 1 amide bonds. The second-order valence-electron chi connectivity index (χ2n) is 8.86. The number of hydrogen-bond donors (Lipinski definition) is 1. The highest BCUT2D eigenvalue weighted by Gasteiger charge is 2.21. The number of carbonyl (C=O) groups is 2. The topological polar surface area (TPSA) is 75.4 Å². The van der Waals surface area contributed by atoms with Crippen LogP contribution >= 0.6 is 11.6 Å². The normalized spacial score (nSPS) is 12.4. The van der Waals surface area contributed by atoms with Crippen molar-refractivity contribution >= 4 is 46.1 Å². The van der Waals surface area contributed by atoms with E-state index < -0.39 is 24.2 Å². The molecular weight excluding hydrogens is 517 g/mol. The van der Waals surface area contributed by atoms with Gasteiger partial charge in [-0.2, -0.15) is 5.10 Å². The maximum atomic E-state index is 14.7. The van der Waals surface area contributed by atoms with E-state index in [9.17, 15) is 14.0 Å². The number of carboxylic acid groups (broad SMARTS) is 1. The molecule has 0 aliphatic heterocycles. The second kappa shape index (κ2) is 10.9. The minimum Gasteiger partial charge on any atom is -0.478 e. The molecule has 4 aromatic carbocycles. The minimum atomic E-state index is -1.34. The molecule has 1 aromatic heterocycles. The molecule has 0 saturated heterocycles. The molecule has 5 aromatic rings. The lowest BCUT2D eigenvalue weighted by atomic mass is 10.0. The van der Waals surface area contributed by atoms with Crippen molar-refractivity contribution < 1.29 is 20.5 Å². The fourth-order valence-corrected chi connectivity index (χ4v) is 4.49. The van der Waals surface area contributed by atoms with Crippen molar-refractivity contribution in [2.75, 3.05) is 4.90 Å². The summed E-state index contributed by atoms with van der Waals surface area (Å²) in [7, 11) is 1.87. The fourth-order valence-electron chi connectivity index (χ4n) is 4.26. The van der Waals surface area contributed by atoms with E-state index >= 15 is 0 Å². The smallest absolute Gasteiger partial charge is 0.328 e. The van der Waals surface area contributed by atoms with Gasteiger partial charge in [-0.15, -0.1) is 0 Å². The summed E-state index contributed by atoms with van der Waals surface area (Å²) in [6.07, 6.45) is 3.87. The van der Waals surface area contributed by atoms with E-state index in [1.807, 2.05) is 31.3 Å². The predicted octanol–water partition coefficient (Wildman–Crippen LogP) is 6.98. The first kappa shape index (κ1) is 24.6. The van der Waals surface area contributed by atoms with E-state index in [4.69, 9.17) is 18.1 Å². The summed E-state index contributed by atoms with van der Waals surface area (Å²) in [6.45, 7) is -1.34. The molecule has 1 heterocycles. The number of amides is 1. The average Bonchev–Trinajstić information content (AvgIpc) is 3.32. The summed E-state index contributed by atoms with van der Waals surface area (Å²) in [5.74, 6) is -2.43. The van der Waals surface area contributed by atoms with E-state index in [0.29, 0.717) is 11.1 Å². The van der Waals surface area contributed by atoms with Gasteiger partial charge < -0.3 is 10.0 Å². The Labute approximate surface area is 230 Å². The number of fused-ring (bicyclic) bond motifs is 1. The Morgan fingerprint density at radius 1 is 1.05 bits per heavy atom. The number of aliphatic carboxylic acids is 1. The molecule has 39 heavy (non-hydrogen) atoms. The Morgan fingerprint density at radius 2 is 1.79 bits per heavy atom. The zero-order chi connectivity index (χ0) is 28.4. The predicted molar refractivity (Wildman–Crippen MR) is 151 cm³/mol. The number of anilines is 1. The lowest BCUT2D eigenvalue weighted by molar-refractivity contribution is -0.131. The molecule has 0 spiro atoms. The molecule has 5 rings (SSSR count). The average molecular weight is 541 g/mol. The van der Waals surface area contributed by atoms with Gasteiger partial charge in [-0.05, 0) is 76.9 Å². The largest absolute Gasteiger partial charge is 0.478 e. The van der Waals surface area contributed by atoms with Crippen molar-refractivity contribution in [3.05, 3.63) is 125 Å². The third kappa shape index (κ3) is 5.73. The SMILES string of the molecule is [2H]C(c1ccc(-c2ccc3c(cnn3C)c2)cc1Cl)N(C(=O)c1ccccc1)c1cc(F)cc(/C=C/C(=O)O)c1. The summed E-state index contributed by atoms with van der Waals surface area (Å²) >= 11 is 6.70. The number of carboxylic acids is 1. The van der Waals surface area contributed by atoms with Gasteiger partial charge in [0.05, 0.1) is 19.6 Å². The molecule has 0 bridgehead atoms. The zero-order valence-corrected chi connectivity index (χ0v) is 21.5. The molecule has 1 atom stereocenters. The van der Waals surface area contributed by atoms with Crippen LogP contribution in [0.15, 0.2) is 97.2 Å². The van der Waals surface area contributed by atoms with Gasteiger partial charge in [0.15, 0.2) is 0 Å². The monoisotopic (exact) mass is 540 g/mol. The minimum absolute atomic E-state index is 0.0843. The first-order chi connectivity index (χ1) is 19.2. The first-order valence-corrected chi connectivity index (χ1v) is 12.3. The van der Waals surface area contributed by atoms with Gasteiger partial charge in [0.1, 0.15) is 5.82 Å². The van der Waals surface area contributed by atoms with Crippen molar-refractivity contribution in [2.45, 2.75) is 6.52 Å². The van der Waals surface area contributed by atoms with Crippen molar-refractivity contribution in [3.8, 4) is 11.1 Å². The maximum Gasteiger partial charge on any atom is 0.328 e. The van der Waals surface area contributed by atoms with Gasteiger partial charge in [0, 0.05) is 34.8 Å².